The van der Waals surface area contributed by atoms with Crippen molar-refractivity contribution < 1.29 is 4.79 Å². The average molecular weight is 238 g/mol. The minimum absolute atomic E-state index is 0.162. The van der Waals surface area contributed by atoms with E-state index in [4.69, 9.17) is 5.84 Å². The van der Waals surface area contributed by atoms with E-state index < -0.39 is 0 Å². The molecule has 0 heterocycles. The zero-order valence-electron chi connectivity index (χ0n) is 9.91. The van der Waals surface area contributed by atoms with Gasteiger partial charge in [-0.15, -0.1) is 11.8 Å². The normalized spacial score (nSPS) is 11.2. The van der Waals surface area contributed by atoms with E-state index in [1.807, 2.05) is 12.1 Å². The number of amides is 1. The van der Waals surface area contributed by atoms with Crippen LogP contribution in [-0.4, -0.2) is 11.7 Å². The van der Waals surface area contributed by atoms with Crippen molar-refractivity contribution in [2.75, 3.05) is 5.75 Å². The molecule has 0 atom stereocenters. The minimum atomic E-state index is -0.162. The van der Waals surface area contributed by atoms with Crippen LogP contribution in [0.1, 0.15) is 26.3 Å². The SMILES string of the molecule is CC(C)(C)c1ccc(SCC(=O)NN)cc1. The van der Waals surface area contributed by atoms with Crippen molar-refractivity contribution in [3.63, 3.8) is 0 Å². The van der Waals surface area contributed by atoms with E-state index in [0.29, 0.717) is 5.75 Å². The van der Waals surface area contributed by atoms with E-state index in [9.17, 15) is 4.79 Å². The van der Waals surface area contributed by atoms with Gasteiger partial charge < -0.3 is 0 Å². The second-order valence-electron chi connectivity index (χ2n) is 4.63. The van der Waals surface area contributed by atoms with E-state index in [1.54, 1.807) is 0 Å². The fourth-order valence-electron chi connectivity index (χ4n) is 1.24. The van der Waals surface area contributed by atoms with Crippen LogP contribution >= 0.6 is 11.8 Å². The summed E-state index contributed by atoms with van der Waals surface area (Å²) >= 11 is 1.48. The lowest BCUT2D eigenvalue weighted by Crippen LogP contribution is -2.31. The number of nitrogens with one attached hydrogen (secondary N) is 1. The van der Waals surface area contributed by atoms with Crippen LogP contribution in [0.5, 0.6) is 0 Å². The molecule has 3 N–H and O–H groups in total. The number of hydrazine groups is 1. The molecule has 0 aliphatic rings. The lowest BCUT2D eigenvalue weighted by molar-refractivity contribution is -0.118. The Morgan fingerprint density at radius 2 is 1.88 bits per heavy atom. The number of carbonyl (C=O) groups excluding carboxylic acids is 1. The smallest absolute Gasteiger partial charge is 0.244 e. The molecule has 0 fully saturated rings. The Hall–Kier alpha value is -1.00. The Bertz CT molecular complexity index is 354. The lowest BCUT2D eigenvalue weighted by atomic mass is 9.87. The standard InChI is InChI=1S/C12H18N2OS/c1-12(2,3)9-4-6-10(7-5-9)16-8-11(15)14-13/h4-7H,8,13H2,1-3H3,(H,14,15). The fourth-order valence-corrected chi connectivity index (χ4v) is 1.95. The van der Waals surface area contributed by atoms with Crippen LogP contribution in [0.2, 0.25) is 0 Å². The molecule has 0 aliphatic heterocycles. The topological polar surface area (TPSA) is 55.1 Å². The zero-order valence-corrected chi connectivity index (χ0v) is 10.7. The van der Waals surface area contributed by atoms with Gasteiger partial charge in [-0.2, -0.15) is 0 Å². The maximum atomic E-state index is 11.0. The zero-order chi connectivity index (χ0) is 12.2. The molecule has 4 heteroatoms. The van der Waals surface area contributed by atoms with Crippen LogP contribution in [0.25, 0.3) is 0 Å². The van der Waals surface area contributed by atoms with Crippen molar-refractivity contribution in [2.24, 2.45) is 5.84 Å². The summed E-state index contributed by atoms with van der Waals surface area (Å²) in [7, 11) is 0. The summed E-state index contributed by atoms with van der Waals surface area (Å²) in [6.07, 6.45) is 0. The minimum Gasteiger partial charge on any atom is -0.294 e. The highest BCUT2D eigenvalue weighted by atomic mass is 32.2. The molecule has 16 heavy (non-hydrogen) atoms. The molecule has 1 aromatic carbocycles. The molecule has 0 aliphatic carbocycles. The van der Waals surface area contributed by atoms with E-state index in [0.717, 1.165) is 4.90 Å². The number of hydrogen-bond acceptors (Lipinski definition) is 3. The van der Waals surface area contributed by atoms with E-state index >= 15 is 0 Å². The summed E-state index contributed by atoms with van der Waals surface area (Å²) in [5.41, 5.74) is 3.57. The highest BCUT2D eigenvalue weighted by Gasteiger charge is 2.12. The second-order valence-corrected chi connectivity index (χ2v) is 5.68. The monoisotopic (exact) mass is 238 g/mol. The summed E-state index contributed by atoms with van der Waals surface area (Å²) in [5.74, 6) is 5.19. The molecule has 0 unspecified atom stereocenters. The molecular weight excluding hydrogens is 220 g/mol. The summed E-state index contributed by atoms with van der Waals surface area (Å²) < 4.78 is 0. The molecule has 3 nitrogen and oxygen atoms in total. The molecule has 1 aromatic rings. The van der Waals surface area contributed by atoms with Crippen LogP contribution in [0, 0.1) is 0 Å². The Morgan fingerprint density at radius 1 is 1.31 bits per heavy atom. The Morgan fingerprint density at radius 3 is 2.31 bits per heavy atom. The summed E-state index contributed by atoms with van der Waals surface area (Å²) in [4.78, 5) is 12.0. The van der Waals surface area contributed by atoms with Crippen molar-refractivity contribution >= 4 is 17.7 Å². The first-order chi connectivity index (χ1) is 7.43. The Labute approximate surface area is 101 Å². The molecule has 0 radical (unpaired) electrons. The van der Waals surface area contributed by atoms with Gasteiger partial charge in [0.1, 0.15) is 0 Å². The van der Waals surface area contributed by atoms with Crippen molar-refractivity contribution in [1.29, 1.82) is 0 Å². The van der Waals surface area contributed by atoms with Crippen molar-refractivity contribution in [2.45, 2.75) is 31.1 Å². The lowest BCUT2D eigenvalue weighted by Gasteiger charge is -2.18. The van der Waals surface area contributed by atoms with Gasteiger partial charge in [-0.3, -0.25) is 10.2 Å². The predicted octanol–water partition coefficient (Wildman–Crippen LogP) is 2.07. The van der Waals surface area contributed by atoms with Crippen LogP contribution in [0.4, 0.5) is 0 Å². The van der Waals surface area contributed by atoms with Crippen molar-refractivity contribution in [3.8, 4) is 0 Å². The molecule has 0 bridgehead atoms. The number of rotatable bonds is 3. The van der Waals surface area contributed by atoms with Crippen LogP contribution in [0.15, 0.2) is 29.2 Å². The van der Waals surface area contributed by atoms with Crippen LogP contribution < -0.4 is 11.3 Å². The van der Waals surface area contributed by atoms with Crippen molar-refractivity contribution in [1.82, 2.24) is 5.43 Å². The highest BCUT2D eigenvalue weighted by Crippen LogP contribution is 2.25. The summed E-state index contributed by atoms with van der Waals surface area (Å²) in [6.45, 7) is 6.53. The van der Waals surface area contributed by atoms with Gasteiger partial charge in [-0.05, 0) is 23.1 Å². The van der Waals surface area contributed by atoms with Gasteiger partial charge >= 0.3 is 0 Å². The van der Waals surface area contributed by atoms with Gasteiger partial charge in [0, 0.05) is 4.90 Å². The summed E-state index contributed by atoms with van der Waals surface area (Å²) in [5, 5.41) is 0. The van der Waals surface area contributed by atoms with Gasteiger partial charge in [0.2, 0.25) is 5.91 Å². The molecule has 1 amide bonds. The van der Waals surface area contributed by atoms with E-state index in [-0.39, 0.29) is 11.3 Å². The maximum Gasteiger partial charge on any atom is 0.244 e. The van der Waals surface area contributed by atoms with Crippen molar-refractivity contribution in [3.05, 3.63) is 29.8 Å². The molecule has 0 saturated carbocycles. The molecule has 1 rings (SSSR count). The first-order valence-electron chi connectivity index (χ1n) is 5.16. The number of hydrogen-bond donors (Lipinski definition) is 2. The fraction of sp³-hybridized carbons (Fsp3) is 0.417. The number of carbonyl (C=O) groups is 1. The number of thioether (sulfide) groups is 1. The largest absolute Gasteiger partial charge is 0.294 e. The number of benzene rings is 1. The van der Waals surface area contributed by atoms with Crippen LogP contribution in [0.3, 0.4) is 0 Å². The maximum absolute atomic E-state index is 11.0. The van der Waals surface area contributed by atoms with Gasteiger partial charge in [-0.1, -0.05) is 32.9 Å². The third kappa shape index (κ3) is 3.87. The molecule has 88 valence electrons. The number of nitrogens with two attached hydrogens (primary N) is 1. The van der Waals surface area contributed by atoms with Gasteiger partial charge in [0.05, 0.1) is 5.75 Å². The predicted molar refractivity (Wildman–Crippen MR) is 68.2 cm³/mol. The first kappa shape index (κ1) is 13.1. The first-order valence-corrected chi connectivity index (χ1v) is 6.15. The van der Waals surface area contributed by atoms with Gasteiger partial charge in [-0.25, -0.2) is 5.84 Å². The quantitative estimate of drug-likeness (QED) is 0.367. The second kappa shape index (κ2) is 5.37. The molecule has 0 spiro atoms. The highest BCUT2D eigenvalue weighted by molar-refractivity contribution is 8.00. The Kier molecular flexibility index (Phi) is 4.38. The summed E-state index contributed by atoms with van der Waals surface area (Å²) in [6, 6.07) is 8.27. The van der Waals surface area contributed by atoms with Crippen LogP contribution in [-0.2, 0) is 10.2 Å². The van der Waals surface area contributed by atoms with E-state index in [1.165, 1.54) is 17.3 Å². The van der Waals surface area contributed by atoms with E-state index in [2.05, 4.69) is 38.3 Å². The Balaban J connectivity index is 2.62. The van der Waals surface area contributed by atoms with Gasteiger partial charge in [0.25, 0.3) is 0 Å². The molecule has 0 aromatic heterocycles. The third-order valence-corrected chi connectivity index (χ3v) is 3.26. The van der Waals surface area contributed by atoms with Gasteiger partial charge in [0.15, 0.2) is 0 Å². The molecule has 0 saturated heterocycles. The molecular formula is C12H18N2OS. The average Bonchev–Trinajstić information content (AvgIpc) is 2.25. The third-order valence-electron chi connectivity index (χ3n) is 2.25.